The molecule has 0 spiro atoms. The number of nitrogens with one attached hydrogen (secondary N) is 2. The maximum absolute atomic E-state index is 6.31. The molecule has 7 heteroatoms. The molecule has 0 bridgehead atoms. The maximum Gasteiger partial charge on any atom is 0.174 e. The van der Waals surface area contributed by atoms with Crippen LogP contribution >= 0.6 is 35.4 Å². The van der Waals surface area contributed by atoms with Crippen molar-refractivity contribution in [2.24, 2.45) is 0 Å². The third-order valence-electron chi connectivity index (χ3n) is 5.88. The minimum atomic E-state index is -0.0665. The number of aromatic amines is 1. The first-order valence-electron chi connectivity index (χ1n) is 10.3. The van der Waals surface area contributed by atoms with Crippen LogP contribution in [0.25, 0.3) is 10.9 Å². The number of hydrogen-bond acceptors (Lipinski definition) is 2. The Morgan fingerprint density at radius 3 is 2.47 bits per heavy atom. The van der Waals surface area contributed by atoms with Gasteiger partial charge in [0.05, 0.1) is 13.2 Å². The van der Waals surface area contributed by atoms with E-state index in [4.69, 9.17) is 40.2 Å². The largest absolute Gasteiger partial charge is 0.497 e. The zero-order valence-corrected chi connectivity index (χ0v) is 19.7. The number of hydrogen-bond donors (Lipinski definition) is 2. The van der Waals surface area contributed by atoms with Crippen LogP contribution < -0.4 is 10.1 Å². The van der Waals surface area contributed by atoms with Crippen LogP contribution in [0.5, 0.6) is 5.75 Å². The second kappa shape index (κ2) is 8.66. The first kappa shape index (κ1) is 21.1. The van der Waals surface area contributed by atoms with Crippen molar-refractivity contribution in [1.82, 2.24) is 9.88 Å². The highest BCUT2D eigenvalue weighted by Crippen LogP contribution is 2.39. The van der Waals surface area contributed by atoms with Gasteiger partial charge in [-0.05, 0) is 84.4 Å². The molecule has 5 rings (SSSR count). The van der Waals surface area contributed by atoms with Crippen molar-refractivity contribution in [3.05, 3.63) is 93.6 Å². The molecular formula is C25H21Cl2N3OS. The molecule has 4 aromatic rings. The van der Waals surface area contributed by atoms with E-state index in [2.05, 4.69) is 27.3 Å². The van der Waals surface area contributed by atoms with Crippen molar-refractivity contribution in [3.8, 4) is 5.75 Å². The van der Waals surface area contributed by atoms with Crippen LogP contribution in [-0.4, -0.2) is 28.7 Å². The lowest BCUT2D eigenvalue weighted by atomic mass is 9.92. The monoisotopic (exact) mass is 481 g/mol. The summed E-state index contributed by atoms with van der Waals surface area (Å²) in [5.41, 5.74) is 5.54. The Labute approximate surface area is 202 Å². The number of methoxy groups -OCH3 is 1. The van der Waals surface area contributed by atoms with Gasteiger partial charge in [-0.15, -0.1) is 0 Å². The van der Waals surface area contributed by atoms with Gasteiger partial charge in [-0.25, -0.2) is 0 Å². The smallest absolute Gasteiger partial charge is 0.174 e. The van der Waals surface area contributed by atoms with Crippen molar-refractivity contribution in [2.45, 2.75) is 12.5 Å². The fourth-order valence-corrected chi connectivity index (χ4v) is 4.95. The van der Waals surface area contributed by atoms with E-state index in [1.165, 1.54) is 10.9 Å². The molecule has 162 valence electrons. The van der Waals surface area contributed by atoms with Gasteiger partial charge in [-0.3, -0.25) is 0 Å². The quantitative estimate of drug-likeness (QED) is 0.314. The molecule has 32 heavy (non-hydrogen) atoms. The number of aromatic nitrogens is 1. The topological polar surface area (TPSA) is 40.3 Å². The first-order valence-corrected chi connectivity index (χ1v) is 11.5. The van der Waals surface area contributed by atoms with Crippen molar-refractivity contribution in [3.63, 3.8) is 0 Å². The average molecular weight is 482 g/mol. The van der Waals surface area contributed by atoms with E-state index in [0.29, 0.717) is 10.1 Å². The third-order valence-corrected chi connectivity index (χ3v) is 6.70. The lowest BCUT2D eigenvalue weighted by molar-refractivity contribution is 0.339. The number of benzene rings is 3. The molecule has 3 aromatic carbocycles. The number of anilines is 1. The molecule has 0 radical (unpaired) electrons. The normalized spacial score (nSPS) is 15.5. The van der Waals surface area contributed by atoms with Crippen molar-refractivity contribution in [1.29, 1.82) is 0 Å². The highest BCUT2D eigenvalue weighted by atomic mass is 35.5. The summed E-state index contributed by atoms with van der Waals surface area (Å²) < 4.78 is 5.37. The Hall–Kier alpha value is -2.73. The SMILES string of the molecule is COc1ccc(C2c3[nH]c4ccc(Cl)cc4c3CCN2C(=S)Nc2ccc(Cl)cc2)cc1. The third kappa shape index (κ3) is 3.92. The van der Waals surface area contributed by atoms with E-state index >= 15 is 0 Å². The summed E-state index contributed by atoms with van der Waals surface area (Å²) >= 11 is 18.2. The van der Waals surface area contributed by atoms with Crippen LogP contribution in [0.15, 0.2) is 66.7 Å². The number of nitrogens with zero attached hydrogens (tertiary/aromatic N) is 1. The number of fused-ring (bicyclic) bond motifs is 3. The molecule has 2 heterocycles. The predicted molar refractivity (Wildman–Crippen MR) is 136 cm³/mol. The molecule has 1 aliphatic heterocycles. The summed E-state index contributed by atoms with van der Waals surface area (Å²) in [6.07, 6.45) is 0.866. The summed E-state index contributed by atoms with van der Waals surface area (Å²) in [5, 5.41) is 6.64. The van der Waals surface area contributed by atoms with Gasteiger partial charge in [0.2, 0.25) is 0 Å². The summed E-state index contributed by atoms with van der Waals surface area (Å²) in [6.45, 7) is 0.780. The fourth-order valence-electron chi connectivity index (χ4n) is 4.34. The molecule has 0 amide bonds. The summed E-state index contributed by atoms with van der Waals surface area (Å²) in [6, 6.07) is 21.6. The molecule has 0 aliphatic carbocycles. The number of H-pyrrole nitrogens is 1. The van der Waals surface area contributed by atoms with Crippen LogP contribution in [-0.2, 0) is 6.42 Å². The number of rotatable bonds is 3. The highest BCUT2D eigenvalue weighted by Gasteiger charge is 2.33. The highest BCUT2D eigenvalue weighted by molar-refractivity contribution is 7.80. The van der Waals surface area contributed by atoms with E-state index in [0.717, 1.165) is 46.2 Å². The standard InChI is InChI=1S/C25H21Cl2N3OS/c1-31-19-9-2-15(3-10-19)24-23-20(21-14-17(27)6-11-22(21)29-23)12-13-30(24)25(32)28-18-7-4-16(26)5-8-18/h2-11,14,24,29H,12-13H2,1H3,(H,28,32). The van der Waals surface area contributed by atoms with Gasteiger partial charge < -0.3 is 19.9 Å². The molecule has 2 N–H and O–H groups in total. The van der Waals surface area contributed by atoms with Gasteiger partial charge in [0.15, 0.2) is 5.11 Å². The molecule has 0 fully saturated rings. The van der Waals surface area contributed by atoms with Crippen LogP contribution in [0.2, 0.25) is 10.0 Å². The predicted octanol–water partition coefficient (Wildman–Crippen LogP) is 6.83. The van der Waals surface area contributed by atoms with E-state index in [-0.39, 0.29) is 6.04 Å². The van der Waals surface area contributed by atoms with Crippen LogP contribution in [0, 0.1) is 0 Å². The van der Waals surface area contributed by atoms with Crippen LogP contribution in [0.3, 0.4) is 0 Å². The fraction of sp³-hybridized carbons (Fsp3) is 0.160. The second-order valence-electron chi connectivity index (χ2n) is 7.76. The molecule has 4 nitrogen and oxygen atoms in total. The Kier molecular flexibility index (Phi) is 5.72. The maximum atomic E-state index is 6.31. The molecule has 0 saturated carbocycles. The molecule has 1 atom stereocenters. The van der Waals surface area contributed by atoms with E-state index < -0.39 is 0 Å². The van der Waals surface area contributed by atoms with Crippen LogP contribution in [0.1, 0.15) is 22.9 Å². The molecular weight excluding hydrogens is 461 g/mol. The zero-order chi connectivity index (χ0) is 22.2. The molecule has 1 aromatic heterocycles. The Morgan fingerprint density at radius 2 is 1.75 bits per heavy atom. The van der Waals surface area contributed by atoms with Crippen molar-refractivity contribution >= 4 is 57.1 Å². The Balaban J connectivity index is 1.57. The summed E-state index contributed by atoms with van der Waals surface area (Å²) in [5.74, 6) is 0.821. The van der Waals surface area contributed by atoms with Gasteiger partial charge >= 0.3 is 0 Å². The Bertz CT molecular complexity index is 1290. The summed E-state index contributed by atoms with van der Waals surface area (Å²) in [7, 11) is 1.67. The van der Waals surface area contributed by atoms with Gasteiger partial charge in [0.25, 0.3) is 0 Å². The molecule has 1 unspecified atom stereocenters. The number of halogens is 2. The van der Waals surface area contributed by atoms with Crippen molar-refractivity contribution in [2.75, 3.05) is 19.0 Å². The minimum absolute atomic E-state index is 0.0665. The van der Waals surface area contributed by atoms with E-state index in [9.17, 15) is 0 Å². The lowest BCUT2D eigenvalue weighted by Crippen LogP contribution is -2.42. The van der Waals surface area contributed by atoms with Crippen LogP contribution in [0.4, 0.5) is 5.69 Å². The Morgan fingerprint density at radius 1 is 1.03 bits per heavy atom. The number of thiocarbonyl (C=S) groups is 1. The lowest BCUT2D eigenvalue weighted by Gasteiger charge is -2.38. The molecule has 0 saturated heterocycles. The minimum Gasteiger partial charge on any atom is -0.497 e. The van der Waals surface area contributed by atoms with E-state index in [1.54, 1.807) is 7.11 Å². The number of ether oxygens (including phenoxy) is 1. The van der Waals surface area contributed by atoms with Gasteiger partial charge in [0, 0.05) is 38.9 Å². The zero-order valence-electron chi connectivity index (χ0n) is 17.4. The van der Waals surface area contributed by atoms with E-state index in [1.807, 2.05) is 54.6 Å². The first-order chi connectivity index (χ1) is 15.5. The van der Waals surface area contributed by atoms with Gasteiger partial charge in [0.1, 0.15) is 5.75 Å². The molecule has 1 aliphatic rings. The van der Waals surface area contributed by atoms with Gasteiger partial charge in [-0.2, -0.15) is 0 Å². The summed E-state index contributed by atoms with van der Waals surface area (Å²) in [4.78, 5) is 5.87. The average Bonchev–Trinajstić information content (AvgIpc) is 3.18. The second-order valence-corrected chi connectivity index (χ2v) is 9.02. The van der Waals surface area contributed by atoms with Gasteiger partial charge in [-0.1, -0.05) is 35.3 Å². The van der Waals surface area contributed by atoms with Crippen molar-refractivity contribution < 1.29 is 4.74 Å².